The smallest absolute Gasteiger partial charge is 0.165 e. The highest BCUT2D eigenvalue weighted by atomic mass is 79.9. The van der Waals surface area contributed by atoms with Gasteiger partial charge in [0.25, 0.3) is 0 Å². The molecule has 0 amide bonds. The van der Waals surface area contributed by atoms with E-state index in [1.165, 1.54) is 0 Å². The molecule has 0 aromatic heterocycles. The summed E-state index contributed by atoms with van der Waals surface area (Å²) >= 11 is 3.39. The number of halogens is 1. The molecule has 14 heavy (non-hydrogen) atoms. The van der Waals surface area contributed by atoms with Crippen LogP contribution in [-0.4, -0.2) is 14.2 Å². The van der Waals surface area contributed by atoms with E-state index in [-0.39, 0.29) is 6.04 Å². The molecule has 0 aliphatic carbocycles. The quantitative estimate of drug-likeness (QED) is 0.908. The van der Waals surface area contributed by atoms with Gasteiger partial charge in [-0.15, -0.1) is 0 Å². The lowest BCUT2D eigenvalue weighted by atomic mass is 10.1. The fraction of sp³-hybridized carbons (Fsp3) is 0.400. The summed E-state index contributed by atoms with van der Waals surface area (Å²) < 4.78 is 11.4. The fourth-order valence-corrected chi connectivity index (χ4v) is 1.75. The van der Waals surface area contributed by atoms with E-state index in [4.69, 9.17) is 15.2 Å². The Hall–Kier alpha value is -0.740. The summed E-state index contributed by atoms with van der Waals surface area (Å²) in [6, 6.07) is 3.70. The second-order valence-electron chi connectivity index (χ2n) is 3.02. The monoisotopic (exact) mass is 259 g/mol. The highest BCUT2D eigenvalue weighted by Crippen LogP contribution is 2.36. The number of benzene rings is 1. The van der Waals surface area contributed by atoms with Gasteiger partial charge in [0.2, 0.25) is 0 Å². The average Bonchev–Trinajstić information content (AvgIpc) is 2.16. The molecule has 2 N–H and O–H groups in total. The third-order valence-electron chi connectivity index (χ3n) is 1.96. The lowest BCUT2D eigenvalue weighted by molar-refractivity contribution is 0.350. The molecular formula is C10H14BrNO2. The van der Waals surface area contributed by atoms with Crippen molar-refractivity contribution in [3.8, 4) is 11.5 Å². The van der Waals surface area contributed by atoms with Crippen LogP contribution in [0.3, 0.4) is 0 Å². The molecule has 0 bridgehead atoms. The summed E-state index contributed by atoms with van der Waals surface area (Å²) in [5, 5.41) is 0. The van der Waals surface area contributed by atoms with Crippen molar-refractivity contribution in [2.24, 2.45) is 5.73 Å². The minimum Gasteiger partial charge on any atom is -0.493 e. The Kier molecular flexibility index (Phi) is 3.77. The molecule has 0 saturated carbocycles. The van der Waals surface area contributed by atoms with Gasteiger partial charge < -0.3 is 15.2 Å². The Morgan fingerprint density at radius 1 is 1.29 bits per heavy atom. The van der Waals surface area contributed by atoms with Gasteiger partial charge in [-0.05, 0) is 19.1 Å². The third kappa shape index (κ3) is 2.19. The Morgan fingerprint density at radius 3 is 2.36 bits per heavy atom. The number of hydrogen-bond acceptors (Lipinski definition) is 3. The van der Waals surface area contributed by atoms with Crippen molar-refractivity contribution in [2.75, 3.05) is 14.2 Å². The van der Waals surface area contributed by atoms with E-state index in [2.05, 4.69) is 15.9 Å². The van der Waals surface area contributed by atoms with Crippen molar-refractivity contribution < 1.29 is 9.47 Å². The molecule has 0 aliphatic rings. The molecule has 0 saturated heterocycles. The number of methoxy groups -OCH3 is 2. The molecule has 0 radical (unpaired) electrons. The lowest BCUT2D eigenvalue weighted by Gasteiger charge is -2.15. The van der Waals surface area contributed by atoms with E-state index in [9.17, 15) is 0 Å². The number of rotatable bonds is 3. The first-order chi connectivity index (χ1) is 6.60. The van der Waals surface area contributed by atoms with Gasteiger partial charge in [-0.25, -0.2) is 0 Å². The fourth-order valence-electron chi connectivity index (χ4n) is 1.30. The topological polar surface area (TPSA) is 44.5 Å². The van der Waals surface area contributed by atoms with Gasteiger partial charge in [0.05, 0.1) is 14.2 Å². The molecule has 3 nitrogen and oxygen atoms in total. The Bertz CT molecular complexity index is 326. The van der Waals surface area contributed by atoms with E-state index < -0.39 is 0 Å². The zero-order chi connectivity index (χ0) is 10.7. The predicted octanol–water partition coefficient (Wildman–Crippen LogP) is 2.49. The van der Waals surface area contributed by atoms with Crippen molar-refractivity contribution in [1.29, 1.82) is 0 Å². The van der Waals surface area contributed by atoms with E-state index in [1.807, 2.05) is 19.1 Å². The van der Waals surface area contributed by atoms with Crippen molar-refractivity contribution in [2.45, 2.75) is 13.0 Å². The van der Waals surface area contributed by atoms with Crippen LogP contribution in [0.5, 0.6) is 11.5 Å². The van der Waals surface area contributed by atoms with Crippen LogP contribution < -0.4 is 15.2 Å². The minimum absolute atomic E-state index is 0.0867. The molecule has 1 atom stereocenters. The van der Waals surface area contributed by atoms with Crippen molar-refractivity contribution >= 4 is 15.9 Å². The van der Waals surface area contributed by atoms with Gasteiger partial charge in [-0.2, -0.15) is 0 Å². The van der Waals surface area contributed by atoms with E-state index in [0.29, 0.717) is 11.5 Å². The van der Waals surface area contributed by atoms with Crippen molar-refractivity contribution in [3.63, 3.8) is 0 Å². The summed E-state index contributed by atoms with van der Waals surface area (Å²) in [5.41, 5.74) is 6.76. The molecule has 0 fully saturated rings. The number of ether oxygens (including phenoxy) is 2. The van der Waals surface area contributed by atoms with Crippen LogP contribution in [0, 0.1) is 0 Å². The van der Waals surface area contributed by atoms with Gasteiger partial charge in [0.15, 0.2) is 11.5 Å². The predicted molar refractivity (Wildman–Crippen MR) is 59.8 cm³/mol. The zero-order valence-corrected chi connectivity index (χ0v) is 10.1. The van der Waals surface area contributed by atoms with Gasteiger partial charge in [-0.1, -0.05) is 15.9 Å². The standard InChI is InChI=1S/C10H14BrNO2/c1-6(12)8-4-7(11)5-9(13-2)10(8)14-3/h4-6H,12H2,1-3H3/t6-/m1/s1. The van der Waals surface area contributed by atoms with Gasteiger partial charge in [0.1, 0.15) is 0 Å². The Morgan fingerprint density at radius 2 is 1.93 bits per heavy atom. The molecule has 1 rings (SSSR count). The summed E-state index contributed by atoms with van der Waals surface area (Å²) in [6.45, 7) is 1.91. The number of nitrogens with two attached hydrogens (primary N) is 1. The molecule has 0 heterocycles. The second-order valence-corrected chi connectivity index (χ2v) is 3.93. The molecule has 1 aromatic rings. The van der Waals surface area contributed by atoms with Crippen LogP contribution in [0.4, 0.5) is 0 Å². The van der Waals surface area contributed by atoms with Gasteiger partial charge in [-0.3, -0.25) is 0 Å². The summed E-state index contributed by atoms with van der Waals surface area (Å²) in [7, 11) is 3.22. The second kappa shape index (κ2) is 4.66. The maximum absolute atomic E-state index is 5.83. The van der Waals surface area contributed by atoms with Crippen LogP contribution in [0.1, 0.15) is 18.5 Å². The lowest BCUT2D eigenvalue weighted by Crippen LogP contribution is -2.07. The van der Waals surface area contributed by atoms with Crippen molar-refractivity contribution in [1.82, 2.24) is 0 Å². The molecule has 0 aliphatic heterocycles. The van der Waals surface area contributed by atoms with E-state index in [1.54, 1.807) is 14.2 Å². The third-order valence-corrected chi connectivity index (χ3v) is 2.42. The van der Waals surface area contributed by atoms with Crippen molar-refractivity contribution in [3.05, 3.63) is 22.2 Å². The summed E-state index contributed by atoms with van der Waals surface area (Å²) in [6.07, 6.45) is 0. The SMILES string of the molecule is COc1cc(Br)cc([C@@H](C)N)c1OC. The van der Waals surface area contributed by atoms with Gasteiger partial charge in [0, 0.05) is 16.1 Å². The van der Waals surface area contributed by atoms with Crippen LogP contribution in [0.2, 0.25) is 0 Å². The minimum atomic E-state index is -0.0867. The molecule has 78 valence electrons. The van der Waals surface area contributed by atoms with Crippen LogP contribution in [0.25, 0.3) is 0 Å². The summed E-state index contributed by atoms with van der Waals surface area (Å²) in [4.78, 5) is 0. The van der Waals surface area contributed by atoms with E-state index in [0.717, 1.165) is 10.0 Å². The average molecular weight is 260 g/mol. The molecule has 0 spiro atoms. The summed E-state index contributed by atoms with van der Waals surface area (Å²) in [5.74, 6) is 1.39. The first-order valence-corrected chi connectivity index (χ1v) is 5.06. The van der Waals surface area contributed by atoms with Crippen LogP contribution in [-0.2, 0) is 0 Å². The highest BCUT2D eigenvalue weighted by molar-refractivity contribution is 9.10. The Labute approximate surface area is 92.3 Å². The first kappa shape index (κ1) is 11.3. The molecule has 4 heteroatoms. The maximum atomic E-state index is 5.83. The first-order valence-electron chi connectivity index (χ1n) is 4.27. The van der Waals surface area contributed by atoms with Crippen LogP contribution >= 0.6 is 15.9 Å². The molecule has 1 aromatic carbocycles. The van der Waals surface area contributed by atoms with Crippen LogP contribution in [0.15, 0.2) is 16.6 Å². The normalized spacial score (nSPS) is 12.4. The highest BCUT2D eigenvalue weighted by Gasteiger charge is 2.14. The largest absolute Gasteiger partial charge is 0.493 e. The number of hydrogen-bond donors (Lipinski definition) is 1. The Balaban J connectivity index is 3.31. The molecular weight excluding hydrogens is 246 g/mol. The molecule has 0 unspecified atom stereocenters. The van der Waals surface area contributed by atoms with E-state index >= 15 is 0 Å². The zero-order valence-electron chi connectivity index (χ0n) is 8.50. The maximum Gasteiger partial charge on any atom is 0.165 e. The van der Waals surface area contributed by atoms with Gasteiger partial charge >= 0.3 is 0 Å².